The number of nitrogens with one attached hydrogen (secondary N) is 1. The Morgan fingerprint density at radius 1 is 1.62 bits per heavy atom. The number of carbonyl (C=O) groups excluding carboxylic acids is 2. The lowest BCUT2D eigenvalue weighted by Gasteiger charge is -2.32. The molecule has 13 heavy (non-hydrogen) atoms. The van der Waals surface area contributed by atoms with E-state index in [1.165, 1.54) is 7.11 Å². The van der Waals surface area contributed by atoms with Crippen LogP contribution in [-0.4, -0.2) is 25.5 Å². The van der Waals surface area contributed by atoms with Gasteiger partial charge in [-0.15, -0.1) is 0 Å². The highest BCUT2D eigenvalue weighted by Crippen LogP contribution is 2.29. The van der Waals surface area contributed by atoms with Crippen LogP contribution in [-0.2, 0) is 14.3 Å². The lowest BCUT2D eigenvalue weighted by atomic mass is 9.79. The average molecular weight is 185 g/mol. The molecule has 0 aliphatic carbocycles. The van der Waals surface area contributed by atoms with Gasteiger partial charge >= 0.3 is 5.97 Å². The molecule has 1 aliphatic rings. The van der Waals surface area contributed by atoms with Gasteiger partial charge in [0.2, 0.25) is 5.91 Å². The number of amides is 1. The molecule has 0 aromatic carbocycles. The van der Waals surface area contributed by atoms with Crippen molar-refractivity contribution in [3.8, 4) is 0 Å². The van der Waals surface area contributed by atoms with Gasteiger partial charge in [-0.3, -0.25) is 9.59 Å². The maximum atomic E-state index is 11.3. The molecular formula is C9H15NO3. The number of esters is 1. The summed E-state index contributed by atoms with van der Waals surface area (Å²) < 4.78 is 4.63. The van der Waals surface area contributed by atoms with E-state index in [0.717, 1.165) is 0 Å². The number of hydrogen-bond acceptors (Lipinski definition) is 3. The highest BCUT2D eigenvalue weighted by atomic mass is 16.5. The zero-order valence-corrected chi connectivity index (χ0v) is 8.22. The number of methoxy groups -OCH3 is 1. The summed E-state index contributed by atoms with van der Waals surface area (Å²) >= 11 is 0. The first-order valence-corrected chi connectivity index (χ1v) is 4.33. The van der Waals surface area contributed by atoms with E-state index in [1.807, 2.05) is 13.8 Å². The van der Waals surface area contributed by atoms with E-state index in [-0.39, 0.29) is 17.8 Å². The van der Waals surface area contributed by atoms with Crippen LogP contribution >= 0.6 is 0 Å². The summed E-state index contributed by atoms with van der Waals surface area (Å²) in [5.74, 6) is -0.432. The summed E-state index contributed by atoms with van der Waals surface area (Å²) in [6.45, 7) is 4.06. The third kappa shape index (κ3) is 1.99. The van der Waals surface area contributed by atoms with Crippen molar-refractivity contribution < 1.29 is 14.3 Å². The molecule has 1 fully saturated rings. The van der Waals surface area contributed by atoms with Crippen LogP contribution in [0.5, 0.6) is 0 Å². The second-order valence-corrected chi connectivity index (χ2v) is 4.02. The molecule has 0 spiro atoms. The van der Waals surface area contributed by atoms with Gasteiger partial charge in [-0.1, -0.05) is 13.8 Å². The molecule has 1 saturated heterocycles. The number of carbonyl (C=O) groups is 2. The van der Waals surface area contributed by atoms with Crippen LogP contribution in [0.4, 0.5) is 0 Å². The minimum absolute atomic E-state index is 0.00709. The molecule has 0 radical (unpaired) electrons. The van der Waals surface area contributed by atoms with Gasteiger partial charge in [0.25, 0.3) is 0 Å². The standard InChI is InChI=1S/C9H15NO3/c1-9(2)4-6(7(11)13-3)5-10-8(9)12/h6H,4-5H2,1-3H3,(H,10,12). The molecule has 0 aromatic rings. The Morgan fingerprint density at radius 2 is 2.23 bits per heavy atom. The molecular weight excluding hydrogens is 170 g/mol. The monoisotopic (exact) mass is 185 g/mol. The second kappa shape index (κ2) is 3.36. The first-order valence-electron chi connectivity index (χ1n) is 4.33. The maximum Gasteiger partial charge on any atom is 0.310 e. The molecule has 1 rings (SSSR count). The molecule has 1 amide bonds. The van der Waals surface area contributed by atoms with E-state index in [2.05, 4.69) is 10.1 Å². The quantitative estimate of drug-likeness (QED) is 0.599. The summed E-state index contributed by atoms with van der Waals surface area (Å²) in [5.41, 5.74) is -0.461. The minimum Gasteiger partial charge on any atom is -0.469 e. The van der Waals surface area contributed by atoms with E-state index in [9.17, 15) is 9.59 Å². The van der Waals surface area contributed by atoms with Gasteiger partial charge in [-0.05, 0) is 6.42 Å². The van der Waals surface area contributed by atoms with Crippen molar-refractivity contribution in [3.05, 3.63) is 0 Å². The van der Waals surface area contributed by atoms with Gasteiger partial charge in [0, 0.05) is 12.0 Å². The molecule has 1 atom stereocenters. The van der Waals surface area contributed by atoms with E-state index in [1.54, 1.807) is 0 Å². The zero-order valence-electron chi connectivity index (χ0n) is 8.22. The Hall–Kier alpha value is -1.06. The molecule has 0 bridgehead atoms. The fourth-order valence-corrected chi connectivity index (χ4v) is 1.57. The van der Waals surface area contributed by atoms with Gasteiger partial charge in [0.1, 0.15) is 0 Å². The van der Waals surface area contributed by atoms with Gasteiger partial charge in [0.05, 0.1) is 13.0 Å². The van der Waals surface area contributed by atoms with Crippen LogP contribution in [0.15, 0.2) is 0 Å². The molecule has 1 N–H and O–H groups in total. The SMILES string of the molecule is COC(=O)C1CNC(=O)C(C)(C)C1. The van der Waals surface area contributed by atoms with Crippen molar-refractivity contribution in [2.24, 2.45) is 11.3 Å². The van der Waals surface area contributed by atoms with Crippen molar-refractivity contribution >= 4 is 11.9 Å². The number of ether oxygens (including phenoxy) is 1. The highest BCUT2D eigenvalue weighted by molar-refractivity contribution is 5.85. The van der Waals surface area contributed by atoms with Crippen LogP contribution in [0.25, 0.3) is 0 Å². The average Bonchev–Trinajstić information content (AvgIpc) is 2.08. The Morgan fingerprint density at radius 3 is 2.69 bits per heavy atom. The number of rotatable bonds is 1. The Labute approximate surface area is 77.6 Å². The van der Waals surface area contributed by atoms with Crippen LogP contribution in [0.3, 0.4) is 0 Å². The first-order chi connectivity index (χ1) is 5.97. The number of hydrogen-bond donors (Lipinski definition) is 1. The van der Waals surface area contributed by atoms with Gasteiger partial charge in [-0.2, -0.15) is 0 Å². The van der Waals surface area contributed by atoms with Gasteiger partial charge in [0.15, 0.2) is 0 Å². The molecule has 4 nitrogen and oxygen atoms in total. The molecule has 1 unspecified atom stereocenters. The molecule has 74 valence electrons. The summed E-state index contributed by atoms with van der Waals surface area (Å²) in [6, 6.07) is 0. The Bertz CT molecular complexity index is 235. The Balaban J connectivity index is 2.66. The zero-order chi connectivity index (χ0) is 10.1. The molecule has 4 heteroatoms. The third-order valence-electron chi connectivity index (χ3n) is 2.41. The van der Waals surface area contributed by atoms with Crippen molar-refractivity contribution in [2.75, 3.05) is 13.7 Å². The van der Waals surface area contributed by atoms with E-state index in [0.29, 0.717) is 13.0 Å². The van der Waals surface area contributed by atoms with Crippen molar-refractivity contribution in [1.82, 2.24) is 5.32 Å². The minimum atomic E-state index is -0.461. The van der Waals surface area contributed by atoms with Crippen molar-refractivity contribution in [3.63, 3.8) is 0 Å². The van der Waals surface area contributed by atoms with Crippen molar-refractivity contribution in [1.29, 1.82) is 0 Å². The van der Waals surface area contributed by atoms with Gasteiger partial charge < -0.3 is 10.1 Å². The second-order valence-electron chi connectivity index (χ2n) is 4.02. The van der Waals surface area contributed by atoms with E-state index >= 15 is 0 Å². The van der Waals surface area contributed by atoms with Gasteiger partial charge in [-0.25, -0.2) is 0 Å². The van der Waals surface area contributed by atoms with E-state index < -0.39 is 5.41 Å². The lowest BCUT2D eigenvalue weighted by Crippen LogP contribution is -2.48. The van der Waals surface area contributed by atoms with Crippen LogP contribution in [0, 0.1) is 11.3 Å². The summed E-state index contributed by atoms with van der Waals surface area (Å²) in [7, 11) is 1.37. The topological polar surface area (TPSA) is 55.4 Å². The largest absolute Gasteiger partial charge is 0.469 e. The first kappa shape index (κ1) is 10.0. The molecule has 0 aromatic heterocycles. The third-order valence-corrected chi connectivity index (χ3v) is 2.41. The lowest BCUT2D eigenvalue weighted by molar-refractivity contribution is -0.149. The summed E-state index contributed by atoms with van der Waals surface area (Å²) in [4.78, 5) is 22.5. The molecule has 1 aliphatic heterocycles. The van der Waals surface area contributed by atoms with Crippen LogP contribution < -0.4 is 5.32 Å². The molecule has 0 saturated carbocycles. The predicted octanol–water partition coefficient (Wildman–Crippen LogP) is 0.322. The molecule has 1 heterocycles. The normalized spacial score (nSPS) is 26.4. The van der Waals surface area contributed by atoms with Crippen LogP contribution in [0.2, 0.25) is 0 Å². The predicted molar refractivity (Wildman–Crippen MR) is 46.9 cm³/mol. The summed E-state index contributed by atoms with van der Waals surface area (Å²) in [5, 5.41) is 2.70. The van der Waals surface area contributed by atoms with E-state index in [4.69, 9.17) is 0 Å². The maximum absolute atomic E-state index is 11.3. The number of piperidine rings is 1. The van der Waals surface area contributed by atoms with Crippen LogP contribution in [0.1, 0.15) is 20.3 Å². The fourth-order valence-electron chi connectivity index (χ4n) is 1.57. The smallest absolute Gasteiger partial charge is 0.310 e. The summed E-state index contributed by atoms with van der Waals surface area (Å²) in [6.07, 6.45) is 0.561. The van der Waals surface area contributed by atoms with Crippen molar-refractivity contribution in [2.45, 2.75) is 20.3 Å². The highest BCUT2D eigenvalue weighted by Gasteiger charge is 2.38. The fraction of sp³-hybridized carbons (Fsp3) is 0.778. The Kier molecular flexibility index (Phi) is 2.59.